The van der Waals surface area contributed by atoms with Gasteiger partial charge in [-0.2, -0.15) is 0 Å². The van der Waals surface area contributed by atoms with Gasteiger partial charge in [0.2, 0.25) is 0 Å². The molecule has 0 aliphatic carbocycles. The first-order chi connectivity index (χ1) is 5.20. The van der Waals surface area contributed by atoms with Gasteiger partial charge in [0.25, 0.3) is 0 Å². The minimum absolute atomic E-state index is 0.0917. The summed E-state index contributed by atoms with van der Waals surface area (Å²) in [5, 5.41) is 8.92. The van der Waals surface area contributed by atoms with E-state index in [2.05, 4.69) is 4.74 Å². The van der Waals surface area contributed by atoms with Gasteiger partial charge in [0.05, 0.1) is 12.7 Å². The van der Waals surface area contributed by atoms with Crippen molar-refractivity contribution in [3.63, 3.8) is 0 Å². The van der Waals surface area contributed by atoms with E-state index in [4.69, 9.17) is 5.11 Å². The minimum Gasteiger partial charge on any atom is -0.508 e. The first-order valence-electron chi connectivity index (χ1n) is 3.40. The molecular weight excluding hydrogens is 144 g/mol. The van der Waals surface area contributed by atoms with Gasteiger partial charge in [-0.3, -0.25) is 0 Å². The SMILES string of the molecule is C/C=C/C(O)=C\C(=O)OCC. The number of rotatable bonds is 3. The molecule has 0 bridgehead atoms. The van der Waals surface area contributed by atoms with E-state index in [1.807, 2.05) is 0 Å². The number of allylic oxidation sites excluding steroid dienone is 2. The van der Waals surface area contributed by atoms with E-state index in [1.54, 1.807) is 19.9 Å². The summed E-state index contributed by atoms with van der Waals surface area (Å²) in [4.78, 5) is 10.6. The molecule has 0 aromatic rings. The van der Waals surface area contributed by atoms with Crippen molar-refractivity contribution in [2.75, 3.05) is 6.61 Å². The molecule has 0 amide bonds. The molecule has 0 spiro atoms. The highest BCUT2D eigenvalue weighted by Gasteiger charge is 1.95. The zero-order valence-corrected chi connectivity index (χ0v) is 6.70. The third kappa shape index (κ3) is 5.21. The Hall–Kier alpha value is -1.25. The van der Waals surface area contributed by atoms with Crippen LogP contribution in [0.4, 0.5) is 0 Å². The van der Waals surface area contributed by atoms with Gasteiger partial charge in [0.15, 0.2) is 0 Å². The first kappa shape index (κ1) is 9.75. The fourth-order valence-corrected chi connectivity index (χ4v) is 0.524. The van der Waals surface area contributed by atoms with Gasteiger partial charge in [0.1, 0.15) is 5.76 Å². The van der Waals surface area contributed by atoms with Crippen LogP contribution in [0.25, 0.3) is 0 Å². The maximum absolute atomic E-state index is 10.6. The molecule has 1 N–H and O–H groups in total. The molecule has 0 aromatic heterocycles. The first-order valence-corrected chi connectivity index (χ1v) is 3.40. The van der Waals surface area contributed by atoms with E-state index < -0.39 is 5.97 Å². The Morgan fingerprint density at radius 1 is 1.64 bits per heavy atom. The van der Waals surface area contributed by atoms with Gasteiger partial charge < -0.3 is 9.84 Å². The standard InChI is InChI=1S/C8H12O3/c1-3-5-7(9)6-8(10)11-4-2/h3,5-6,9H,4H2,1-2H3/b5-3+,7-6+. The Balaban J connectivity index is 3.96. The van der Waals surface area contributed by atoms with E-state index in [9.17, 15) is 4.79 Å². The lowest BCUT2D eigenvalue weighted by Gasteiger charge is -1.94. The number of aliphatic hydroxyl groups excluding tert-OH is 1. The lowest BCUT2D eigenvalue weighted by Crippen LogP contribution is -2.00. The average molecular weight is 156 g/mol. The van der Waals surface area contributed by atoms with Crippen LogP contribution in [0.3, 0.4) is 0 Å². The van der Waals surface area contributed by atoms with Gasteiger partial charge in [-0.15, -0.1) is 0 Å². The summed E-state index contributed by atoms with van der Waals surface area (Å²) in [5.41, 5.74) is 0. The Bertz CT molecular complexity index is 180. The van der Waals surface area contributed by atoms with Crippen molar-refractivity contribution in [1.82, 2.24) is 0 Å². The minimum atomic E-state index is -0.525. The molecule has 3 nitrogen and oxygen atoms in total. The van der Waals surface area contributed by atoms with Crippen molar-refractivity contribution in [2.24, 2.45) is 0 Å². The van der Waals surface area contributed by atoms with Crippen LogP contribution in [-0.2, 0) is 9.53 Å². The topological polar surface area (TPSA) is 46.5 Å². The molecule has 0 aliphatic rings. The van der Waals surface area contributed by atoms with Crippen LogP contribution in [-0.4, -0.2) is 17.7 Å². The number of ether oxygens (including phenoxy) is 1. The average Bonchev–Trinajstić information content (AvgIpc) is 1.87. The van der Waals surface area contributed by atoms with Crippen molar-refractivity contribution in [3.8, 4) is 0 Å². The highest BCUT2D eigenvalue weighted by Crippen LogP contribution is 1.91. The molecular formula is C8H12O3. The molecule has 3 heteroatoms. The van der Waals surface area contributed by atoms with Crippen LogP contribution in [0.1, 0.15) is 13.8 Å². The Morgan fingerprint density at radius 3 is 2.73 bits per heavy atom. The van der Waals surface area contributed by atoms with Crippen LogP contribution in [0.5, 0.6) is 0 Å². The highest BCUT2D eigenvalue weighted by molar-refractivity contribution is 5.82. The summed E-state index contributed by atoms with van der Waals surface area (Å²) >= 11 is 0. The van der Waals surface area contributed by atoms with E-state index in [0.29, 0.717) is 6.61 Å². The molecule has 0 saturated heterocycles. The Labute approximate surface area is 66.0 Å². The van der Waals surface area contributed by atoms with Gasteiger partial charge in [-0.1, -0.05) is 6.08 Å². The number of carbonyl (C=O) groups is 1. The van der Waals surface area contributed by atoms with Crippen molar-refractivity contribution < 1.29 is 14.6 Å². The molecule has 62 valence electrons. The van der Waals surface area contributed by atoms with E-state index >= 15 is 0 Å². The summed E-state index contributed by atoms with van der Waals surface area (Å²) in [6.45, 7) is 3.77. The predicted octanol–water partition coefficient (Wildman–Crippen LogP) is 1.57. The van der Waals surface area contributed by atoms with Crippen molar-refractivity contribution >= 4 is 5.97 Å². The summed E-state index contributed by atoms with van der Waals surface area (Å²) < 4.78 is 4.55. The summed E-state index contributed by atoms with van der Waals surface area (Å²) in [6.07, 6.45) is 4.07. The quantitative estimate of drug-likeness (QED) is 0.292. The van der Waals surface area contributed by atoms with E-state index in [0.717, 1.165) is 6.08 Å². The zero-order chi connectivity index (χ0) is 8.69. The van der Waals surface area contributed by atoms with Gasteiger partial charge in [-0.25, -0.2) is 4.79 Å². The number of aliphatic hydroxyl groups is 1. The van der Waals surface area contributed by atoms with Gasteiger partial charge in [-0.05, 0) is 19.9 Å². The molecule has 0 unspecified atom stereocenters. The van der Waals surface area contributed by atoms with Crippen LogP contribution < -0.4 is 0 Å². The van der Waals surface area contributed by atoms with Crippen molar-refractivity contribution in [2.45, 2.75) is 13.8 Å². The molecule has 0 heterocycles. The van der Waals surface area contributed by atoms with Crippen molar-refractivity contribution in [1.29, 1.82) is 0 Å². The van der Waals surface area contributed by atoms with Gasteiger partial charge in [0, 0.05) is 0 Å². The molecule has 0 rings (SSSR count). The summed E-state index contributed by atoms with van der Waals surface area (Å²) in [7, 11) is 0. The summed E-state index contributed by atoms with van der Waals surface area (Å²) in [5.74, 6) is -0.617. The largest absolute Gasteiger partial charge is 0.508 e. The second-order valence-electron chi connectivity index (χ2n) is 1.82. The number of hydrogen-bond donors (Lipinski definition) is 1. The molecule has 0 atom stereocenters. The number of hydrogen-bond acceptors (Lipinski definition) is 3. The molecule has 0 radical (unpaired) electrons. The van der Waals surface area contributed by atoms with Crippen LogP contribution >= 0.6 is 0 Å². The maximum Gasteiger partial charge on any atom is 0.334 e. The van der Waals surface area contributed by atoms with E-state index in [1.165, 1.54) is 6.08 Å². The van der Waals surface area contributed by atoms with Gasteiger partial charge >= 0.3 is 5.97 Å². The lowest BCUT2D eigenvalue weighted by atomic mass is 10.4. The Kier molecular flexibility index (Phi) is 4.90. The third-order valence-electron chi connectivity index (χ3n) is 0.890. The smallest absolute Gasteiger partial charge is 0.334 e. The molecule has 0 saturated carbocycles. The monoisotopic (exact) mass is 156 g/mol. The molecule has 0 aromatic carbocycles. The van der Waals surface area contributed by atoms with Crippen molar-refractivity contribution in [3.05, 3.63) is 24.0 Å². The fraction of sp³-hybridized carbons (Fsp3) is 0.375. The van der Waals surface area contributed by atoms with E-state index in [-0.39, 0.29) is 5.76 Å². The second kappa shape index (κ2) is 5.53. The fourth-order valence-electron chi connectivity index (χ4n) is 0.524. The normalized spacial score (nSPS) is 12.0. The molecule has 11 heavy (non-hydrogen) atoms. The lowest BCUT2D eigenvalue weighted by molar-refractivity contribution is -0.137. The number of esters is 1. The second-order valence-corrected chi connectivity index (χ2v) is 1.82. The maximum atomic E-state index is 10.6. The number of carbonyl (C=O) groups excluding carboxylic acids is 1. The van der Waals surface area contributed by atoms with Crippen LogP contribution in [0.15, 0.2) is 24.0 Å². The van der Waals surface area contributed by atoms with Crippen LogP contribution in [0, 0.1) is 0 Å². The molecule has 0 aliphatic heterocycles. The van der Waals surface area contributed by atoms with Crippen LogP contribution in [0.2, 0.25) is 0 Å². The zero-order valence-electron chi connectivity index (χ0n) is 6.70. The predicted molar refractivity (Wildman–Crippen MR) is 42.2 cm³/mol. The Morgan fingerprint density at radius 2 is 2.27 bits per heavy atom. The third-order valence-corrected chi connectivity index (χ3v) is 0.890. The highest BCUT2D eigenvalue weighted by atomic mass is 16.5. The summed E-state index contributed by atoms with van der Waals surface area (Å²) in [6, 6.07) is 0. The molecule has 0 fully saturated rings.